The van der Waals surface area contributed by atoms with Gasteiger partial charge in [0.05, 0.1) is 33.5 Å². The van der Waals surface area contributed by atoms with Crippen LogP contribution in [0, 0.1) is 5.41 Å². The number of rotatable bonds is 7. The molecule has 1 aromatic carbocycles. The minimum absolute atomic E-state index is 0.0545. The number of nitrogens with one attached hydrogen (secondary N) is 3. The molecule has 1 fully saturated rings. The number of benzene rings is 1. The standard InChI is InChI=1S/C11H9Cl2N3O2.C8H16N2O2/c12-6-2-1-3-7(13)10(6)11(18)16-9(4-14)8(15)5-17;1-9-7-2-4-10(5-3-7)6-8(11)12/h1-5,14H,15H2,(H,16,18);7,9H,2-6H2,1H3,(H,11,12)/b9-8+,14-4?;. The second kappa shape index (κ2) is 13.0. The first kappa shape index (κ1) is 25.6. The van der Waals surface area contributed by atoms with Gasteiger partial charge in [-0.25, -0.2) is 0 Å². The number of nitrogens with two attached hydrogens (primary N) is 1. The number of piperidine rings is 1. The molecule has 11 heteroatoms. The van der Waals surface area contributed by atoms with Crippen LogP contribution in [0.15, 0.2) is 29.6 Å². The lowest BCUT2D eigenvalue weighted by molar-refractivity contribution is -0.138. The average Bonchev–Trinajstić information content (AvgIpc) is 2.72. The molecule has 0 spiro atoms. The summed E-state index contributed by atoms with van der Waals surface area (Å²) in [4.78, 5) is 34.7. The normalized spacial score (nSPS) is 15.3. The third-order valence-electron chi connectivity index (χ3n) is 4.38. The SMILES string of the molecule is CNC1CCN(CC(=O)O)CC1.N=C/C(NC(=O)c1c(Cl)cccc1Cl)=C(\N)C=O. The Labute approximate surface area is 184 Å². The number of nitrogens with zero attached hydrogens (tertiary/aromatic N) is 1. The Kier molecular flexibility index (Phi) is 11.1. The molecule has 1 heterocycles. The molecular weight excluding hydrogens is 433 g/mol. The average molecular weight is 458 g/mol. The van der Waals surface area contributed by atoms with Crippen LogP contribution < -0.4 is 16.4 Å². The molecule has 0 atom stereocenters. The van der Waals surface area contributed by atoms with Crippen molar-refractivity contribution >= 4 is 47.6 Å². The highest BCUT2D eigenvalue weighted by Gasteiger charge is 2.19. The molecule has 1 saturated heterocycles. The number of aldehydes is 1. The molecule has 0 saturated carbocycles. The van der Waals surface area contributed by atoms with E-state index in [-0.39, 0.29) is 33.5 Å². The second-order valence-electron chi connectivity index (χ2n) is 6.41. The number of allylic oxidation sites excluding steroid dienone is 2. The van der Waals surface area contributed by atoms with Crippen LogP contribution in [0.5, 0.6) is 0 Å². The van der Waals surface area contributed by atoms with Crippen molar-refractivity contribution in [3.8, 4) is 0 Å². The van der Waals surface area contributed by atoms with Crippen LogP contribution in [0.1, 0.15) is 23.2 Å². The summed E-state index contributed by atoms with van der Waals surface area (Å²) in [5.74, 6) is -1.37. The number of halogens is 2. The van der Waals surface area contributed by atoms with Crippen molar-refractivity contribution in [3.63, 3.8) is 0 Å². The molecule has 1 amide bonds. The number of hydrogen-bond acceptors (Lipinski definition) is 7. The first-order chi connectivity index (χ1) is 14.2. The van der Waals surface area contributed by atoms with Gasteiger partial charge in [-0.3, -0.25) is 19.3 Å². The Balaban J connectivity index is 0.000000325. The van der Waals surface area contributed by atoms with E-state index >= 15 is 0 Å². The molecule has 0 aromatic heterocycles. The Morgan fingerprint density at radius 2 is 1.87 bits per heavy atom. The molecule has 164 valence electrons. The molecule has 0 unspecified atom stereocenters. The predicted octanol–water partition coefficient (Wildman–Crippen LogP) is 1.50. The van der Waals surface area contributed by atoms with Gasteiger partial charge in [0.1, 0.15) is 0 Å². The van der Waals surface area contributed by atoms with Gasteiger partial charge in [-0.15, -0.1) is 0 Å². The summed E-state index contributed by atoms with van der Waals surface area (Å²) in [5, 5.41) is 21.4. The van der Waals surface area contributed by atoms with Gasteiger partial charge in [-0.2, -0.15) is 0 Å². The summed E-state index contributed by atoms with van der Waals surface area (Å²) in [6.07, 6.45) is 3.20. The maximum absolute atomic E-state index is 11.9. The number of carbonyl (C=O) groups is 3. The number of carboxylic acid groups (broad SMARTS) is 1. The molecule has 1 aliphatic rings. The Morgan fingerprint density at radius 3 is 2.30 bits per heavy atom. The zero-order valence-electron chi connectivity index (χ0n) is 16.5. The Bertz CT molecular complexity index is 788. The van der Waals surface area contributed by atoms with Crippen molar-refractivity contribution in [1.29, 1.82) is 5.41 Å². The minimum atomic E-state index is -0.724. The topological polar surface area (TPSA) is 149 Å². The molecule has 0 aliphatic carbocycles. The third-order valence-corrected chi connectivity index (χ3v) is 5.00. The van der Waals surface area contributed by atoms with Crippen LogP contribution in [0.3, 0.4) is 0 Å². The van der Waals surface area contributed by atoms with Crippen molar-refractivity contribution in [3.05, 3.63) is 45.2 Å². The summed E-state index contributed by atoms with van der Waals surface area (Å²) in [7, 11) is 1.96. The lowest BCUT2D eigenvalue weighted by Crippen LogP contribution is -2.43. The van der Waals surface area contributed by atoms with Crippen molar-refractivity contribution in [1.82, 2.24) is 15.5 Å². The van der Waals surface area contributed by atoms with E-state index in [1.54, 1.807) is 6.07 Å². The minimum Gasteiger partial charge on any atom is -0.480 e. The first-order valence-corrected chi connectivity index (χ1v) is 9.81. The quantitative estimate of drug-likeness (QED) is 0.236. The van der Waals surface area contributed by atoms with Crippen LogP contribution >= 0.6 is 23.2 Å². The van der Waals surface area contributed by atoms with Gasteiger partial charge < -0.3 is 26.9 Å². The van der Waals surface area contributed by atoms with Crippen LogP contribution in [-0.2, 0) is 9.59 Å². The highest BCUT2D eigenvalue weighted by atomic mass is 35.5. The fraction of sp³-hybridized carbons (Fsp3) is 0.368. The summed E-state index contributed by atoms with van der Waals surface area (Å²) >= 11 is 11.7. The molecule has 1 aromatic rings. The van der Waals surface area contributed by atoms with Crippen molar-refractivity contribution in [2.24, 2.45) is 5.73 Å². The molecule has 30 heavy (non-hydrogen) atoms. The summed E-state index contributed by atoms with van der Waals surface area (Å²) in [5.41, 5.74) is 4.98. The fourth-order valence-corrected chi connectivity index (χ4v) is 3.29. The summed E-state index contributed by atoms with van der Waals surface area (Å²) < 4.78 is 0. The van der Waals surface area contributed by atoms with Gasteiger partial charge in [-0.1, -0.05) is 29.3 Å². The predicted molar refractivity (Wildman–Crippen MR) is 116 cm³/mol. The molecule has 1 aliphatic heterocycles. The van der Waals surface area contributed by atoms with Gasteiger partial charge in [-0.05, 0) is 32.0 Å². The summed E-state index contributed by atoms with van der Waals surface area (Å²) in [6.45, 7) is 1.99. The molecule has 0 radical (unpaired) electrons. The lowest BCUT2D eigenvalue weighted by atomic mass is 10.1. The third kappa shape index (κ3) is 8.11. The first-order valence-electron chi connectivity index (χ1n) is 9.05. The van der Waals surface area contributed by atoms with E-state index in [0.717, 1.165) is 32.1 Å². The molecule has 6 N–H and O–H groups in total. The van der Waals surface area contributed by atoms with Crippen LogP contribution in [0.25, 0.3) is 0 Å². The number of carbonyl (C=O) groups excluding carboxylic acids is 2. The van der Waals surface area contributed by atoms with Crippen LogP contribution in [-0.4, -0.2) is 67.1 Å². The number of aliphatic carboxylic acids is 1. The van der Waals surface area contributed by atoms with E-state index in [1.807, 2.05) is 11.9 Å². The smallest absolute Gasteiger partial charge is 0.317 e. The molecule has 0 bridgehead atoms. The highest BCUT2D eigenvalue weighted by Crippen LogP contribution is 2.24. The monoisotopic (exact) mass is 457 g/mol. The molecule has 9 nitrogen and oxygen atoms in total. The zero-order valence-corrected chi connectivity index (χ0v) is 18.0. The maximum atomic E-state index is 11.9. The molecular formula is C19H25Cl2N5O4. The van der Waals surface area contributed by atoms with Gasteiger partial charge in [0.15, 0.2) is 6.29 Å². The van der Waals surface area contributed by atoms with Crippen LogP contribution in [0.4, 0.5) is 0 Å². The van der Waals surface area contributed by atoms with E-state index < -0.39 is 11.9 Å². The molecule has 2 rings (SSSR count). The van der Waals surface area contributed by atoms with Gasteiger partial charge in [0.2, 0.25) is 0 Å². The maximum Gasteiger partial charge on any atom is 0.317 e. The zero-order chi connectivity index (χ0) is 22.7. The van der Waals surface area contributed by atoms with Gasteiger partial charge >= 0.3 is 5.97 Å². The second-order valence-corrected chi connectivity index (χ2v) is 7.23. The highest BCUT2D eigenvalue weighted by molar-refractivity contribution is 6.39. The fourth-order valence-electron chi connectivity index (χ4n) is 2.73. The Hall–Kier alpha value is -2.46. The van der Waals surface area contributed by atoms with E-state index in [0.29, 0.717) is 12.3 Å². The van der Waals surface area contributed by atoms with Crippen molar-refractivity contribution < 1.29 is 19.5 Å². The van der Waals surface area contributed by atoms with E-state index in [4.69, 9.17) is 39.5 Å². The van der Waals surface area contributed by atoms with Crippen molar-refractivity contribution in [2.45, 2.75) is 18.9 Å². The van der Waals surface area contributed by atoms with Crippen molar-refractivity contribution in [2.75, 3.05) is 26.7 Å². The number of hydrogen-bond donors (Lipinski definition) is 5. The number of carboxylic acids is 1. The Morgan fingerprint density at radius 1 is 1.30 bits per heavy atom. The number of likely N-dealkylation sites (tertiary alicyclic amines) is 1. The number of amides is 1. The van der Waals surface area contributed by atoms with E-state index in [2.05, 4.69) is 10.6 Å². The van der Waals surface area contributed by atoms with E-state index in [9.17, 15) is 14.4 Å². The largest absolute Gasteiger partial charge is 0.480 e. The van der Waals surface area contributed by atoms with E-state index in [1.165, 1.54) is 12.1 Å². The van der Waals surface area contributed by atoms with Gasteiger partial charge in [0, 0.05) is 25.3 Å². The van der Waals surface area contributed by atoms with Crippen LogP contribution in [0.2, 0.25) is 10.0 Å². The van der Waals surface area contributed by atoms with Gasteiger partial charge in [0.25, 0.3) is 5.91 Å². The lowest BCUT2D eigenvalue weighted by Gasteiger charge is -2.30. The summed E-state index contributed by atoms with van der Waals surface area (Å²) in [6, 6.07) is 5.17.